The van der Waals surface area contributed by atoms with Gasteiger partial charge in [-0.15, -0.1) is 0 Å². The number of rotatable bonds is 20. The van der Waals surface area contributed by atoms with Crippen LogP contribution in [0.2, 0.25) is 0 Å². The fraction of sp³-hybridized carbons (Fsp3) is 0.773. The van der Waals surface area contributed by atoms with E-state index in [1.54, 1.807) is 22.3 Å². The summed E-state index contributed by atoms with van der Waals surface area (Å²) >= 11 is 0. The van der Waals surface area contributed by atoms with Crippen LogP contribution in [0.25, 0.3) is 0 Å². The van der Waals surface area contributed by atoms with Crippen molar-refractivity contribution < 1.29 is 0 Å². The minimum absolute atomic E-state index is 0.387. The molecule has 0 radical (unpaired) electrons. The van der Waals surface area contributed by atoms with Gasteiger partial charge in [-0.25, -0.2) is 0 Å². The van der Waals surface area contributed by atoms with Crippen molar-refractivity contribution in [3.05, 3.63) is 58.8 Å². The van der Waals surface area contributed by atoms with Gasteiger partial charge in [0.1, 0.15) is 0 Å². The smallest absolute Gasteiger partial charge is 0.0539 e. The van der Waals surface area contributed by atoms with E-state index in [0.29, 0.717) is 17.5 Å². The van der Waals surface area contributed by atoms with E-state index in [4.69, 9.17) is 0 Å². The van der Waals surface area contributed by atoms with E-state index in [2.05, 4.69) is 82.3 Å². The van der Waals surface area contributed by atoms with Gasteiger partial charge in [0.25, 0.3) is 0 Å². The van der Waals surface area contributed by atoms with Gasteiger partial charge in [-0.1, -0.05) is 122 Å². The van der Waals surface area contributed by atoms with Crippen LogP contribution in [0.3, 0.4) is 0 Å². The van der Waals surface area contributed by atoms with Crippen molar-refractivity contribution in [2.24, 2.45) is 17.8 Å². The third kappa shape index (κ3) is 8.54. The number of allylic oxidation sites excluding steroid dienone is 2. The Hall–Kier alpha value is -1.54. The van der Waals surface area contributed by atoms with Crippen LogP contribution in [0.4, 0.5) is 0 Å². The molecule has 1 aliphatic heterocycles. The molecular weight excluding hydrogens is 556 g/mol. The second-order valence-electron chi connectivity index (χ2n) is 16.5. The first-order valence-electron chi connectivity index (χ1n) is 20.3. The van der Waals surface area contributed by atoms with Crippen LogP contribution in [0.1, 0.15) is 185 Å². The zero-order valence-corrected chi connectivity index (χ0v) is 31.2. The van der Waals surface area contributed by atoms with E-state index in [1.165, 1.54) is 134 Å². The van der Waals surface area contributed by atoms with E-state index in [-0.39, 0.29) is 0 Å². The minimum Gasteiger partial charge on any atom is -0.368 e. The van der Waals surface area contributed by atoms with Crippen molar-refractivity contribution in [3.63, 3.8) is 0 Å². The average molecular weight is 629 g/mol. The molecular formula is C44H72N2. The van der Waals surface area contributed by atoms with E-state index in [1.807, 2.05) is 0 Å². The van der Waals surface area contributed by atoms with Gasteiger partial charge in [-0.3, -0.25) is 4.90 Å². The van der Waals surface area contributed by atoms with Crippen LogP contribution in [-0.4, -0.2) is 35.0 Å². The summed E-state index contributed by atoms with van der Waals surface area (Å²) in [5.74, 6) is 3.09. The van der Waals surface area contributed by atoms with Gasteiger partial charge in [0, 0.05) is 29.7 Å². The molecule has 2 nitrogen and oxygen atoms in total. The maximum atomic E-state index is 4.62. The Morgan fingerprint density at radius 3 is 2.17 bits per heavy atom. The molecule has 1 heterocycles. The lowest BCUT2D eigenvalue weighted by molar-refractivity contribution is 0.0779. The molecule has 0 spiro atoms. The Morgan fingerprint density at radius 2 is 1.59 bits per heavy atom. The van der Waals surface area contributed by atoms with Crippen LogP contribution in [0.5, 0.6) is 0 Å². The number of hydrogen-bond acceptors (Lipinski definition) is 2. The molecule has 4 atom stereocenters. The Kier molecular flexibility index (Phi) is 13.0. The summed E-state index contributed by atoms with van der Waals surface area (Å²) in [6.45, 7) is 17.7. The van der Waals surface area contributed by atoms with Gasteiger partial charge in [-0.2, -0.15) is 0 Å². The number of benzene rings is 1. The molecule has 0 amide bonds. The standard InChI is InChI=1S/C44H72N2/c1-8-11-12-13-14-15-16-17-18-20-33(4)37-23-25-40(26-24-37)45(7)44(27-28-44)39-30-35(6)46(32-39)43(19-9-2)38-22-21-36(10-3)42(31-38)41-29-34(41)5/h21-22,30-31,34,37,39-41,43H,4,8-20,23-29,32H2,1-3,5-7H3. The van der Waals surface area contributed by atoms with Gasteiger partial charge in [0.05, 0.1) is 6.04 Å². The molecule has 46 heavy (non-hydrogen) atoms. The van der Waals surface area contributed by atoms with Crippen molar-refractivity contribution >= 4 is 0 Å². The molecule has 0 N–H and O–H groups in total. The number of unbranched alkanes of at least 4 members (excludes halogenated alkanes) is 8. The molecule has 0 saturated heterocycles. The fourth-order valence-corrected chi connectivity index (χ4v) is 9.73. The summed E-state index contributed by atoms with van der Waals surface area (Å²) in [5, 5.41) is 0. The minimum atomic E-state index is 0.387. The quantitative estimate of drug-likeness (QED) is 0.105. The molecule has 0 aromatic heterocycles. The van der Waals surface area contributed by atoms with Crippen molar-refractivity contribution in [2.75, 3.05) is 13.6 Å². The summed E-state index contributed by atoms with van der Waals surface area (Å²) in [7, 11) is 2.50. The average Bonchev–Trinajstić information content (AvgIpc) is 3.99. The van der Waals surface area contributed by atoms with Gasteiger partial charge in [0.2, 0.25) is 0 Å². The topological polar surface area (TPSA) is 6.48 Å². The first-order chi connectivity index (χ1) is 22.3. The van der Waals surface area contributed by atoms with E-state index >= 15 is 0 Å². The highest BCUT2D eigenvalue weighted by Gasteiger charge is 2.55. The number of aryl methyl sites for hydroxylation is 1. The van der Waals surface area contributed by atoms with E-state index in [9.17, 15) is 0 Å². The summed E-state index contributed by atoms with van der Waals surface area (Å²) in [6.07, 6.45) is 29.9. The zero-order valence-electron chi connectivity index (χ0n) is 31.2. The predicted octanol–water partition coefficient (Wildman–Crippen LogP) is 12.5. The Labute approximate surface area is 285 Å². The van der Waals surface area contributed by atoms with Crippen LogP contribution >= 0.6 is 0 Å². The maximum absolute atomic E-state index is 4.62. The SMILES string of the molecule is C=C(CCCCCCCCCCC)C1CCC(N(C)C2(C3C=C(C)N(C(CCC)c4ccc(CC)c(C5CC5C)c4)C3)CC2)CC1. The molecule has 3 saturated carbocycles. The second kappa shape index (κ2) is 16.7. The Bertz CT molecular complexity index is 1130. The molecule has 0 bridgehead atoms. The first kappa shape index (κ1) is 35.8. The molecule has 1 aromatic rings. The van der Waals surface area contributed by atoms with Crippen molar-refractivity contribution in [1.29, 1.82) is 0 Å². The number of hydrogen-bond donors (Lipinski definition) is 0. The van der Waals surface area contributed by atoms with Crippen molar-refractivity contribution in [3.8, 4) is 0 Å². The first-order valence-corrected chi connectivity index (χ1v) is 20.3. The summed E-state index contributed by atoms with van der Waals surface area (Å²) in [6, 6.07) is 8.85. The highest BCUT2D eigenvalue weighted by atomic mass is 15.3. The van der Waals surface area contributed by atoms with Gasteiger partial charge in [-0.05, 0) is 119 Å². The van der Waals surface area contributed by atoms with Crippen LogP contribution in [0, 0.1) is 17.8 Å². The normalized spacial score (nSPS) is 27.6. The van der Waals surface area contributed by atoms with E-state index in [0.717, 1.165) is 30.2 Å². The third-order valence-corrected chi connectivity index (χ3v) is 13.2. The maximum Gasteiger partial charge on any atom is 0.0539 e. The van der Waals surface area contributed by atoms with Gasteiger partial charge < -0.3 is 4.90 Å². The molecule has 1 aromatic carbocycles. The molecule has 3 aliphatic carbocycles. The summed E-state index contributed by atoms with van der Waals surface area (Å²) in [4.78, 5) is 5.71. The fourth-order valence-electron chi connectivity index (χ4n) is 9.73. The Morgan fingerprint density at radius 1 is 0.935 bits per heavy atom. The van der Waals surface area contributed by atoms with Crippen LogP contribution in [-0.2, 0) is 6.42 Å². The summed E-state index contributed by atoms with van der Waals surface area (Å²) < 4.78 is 0. The van der Waals surface area contributed by atoms with E-state index < -0.39 is 0 Å². The molecule has 2 heteroatoms. The van der Waals surface area contributed by atoms with Gasteiger partial charge >= 0.3 is 0 Å². The van der Waals surface area contributed by atoms with Gasteiger partial charge in [0.15, 0.2) is 0 Å². The second-order valence-corrected chi connectivity index (χ2v) is 16.5. The highest BCUT2D eigenvalue weighted by molar-refractivity contribution is 5.40. The largest absolute Gasteiger partial charge is 0.368 e. The lowest BCUT2D eigenvalue weighted by atomic mass is 9.79. The molecule has 258 valence electrons. The third-order valence-electron chi connectivity index (χ3n) is 13.2. The molecule has 4 unspecified atom stereocenters. The molecule has 3 fully saturated rings. The number of nitrogens with zero attached hydrogens (tertiary/aromatic N) is 2. The van der Waals surface area contributed by atoms with Crippen LogP contribution in [0.15, 0.2) is 42.1 Å². The lowest BCUT2D eigenvalue weighted by Gasteiger charge is -2.43. The van der Waals surface area contributed by atoms with Crippen molar-refractivity contribution in [1.82, 2.24) is 9.80 Å². The van der Waals surface area contributed by atoms with Crippen LogP contribution < -0.4 is 0 Å². The monoisotopic (exact) mass is 629 g/mol. The lowest BCUT2D eigenvalue weighted by Crippen LogP contribution is -2.48. The molecule has 5 rings (SSSR count). The highest BCUT2D eigenvalue weighted by Crippen LogP contribution is 2.54. The molecule has 4 aliphatic rings. The zero-order chi connectivity index (χ0) is 32.7. The predicted molar refractivity (Wildman–Crippen MR) is 200 cm³/mol. The summed E-state index contributed by atoms with van der Waals surface area (Å²) in [5.41, 5.74) is 8.30. The van der Waals surface area contributed by atoms with Crippen molar-refractivity contribution in [2.45, 2.75) is 187 Å². The Balaban J connectivity index is 1.11.